The van der Waals surface area contributed by atoms with Crippen molar-refractivity contribution in [2.75, 3.05) is 5.32 Å². The highest BCUT2D eigenvalue weighted by Gasteiger charge is 2.30. The van der Waals surface area contributed by atoms with Crippen LogP contribution in [0.3, 0.4) is 0 Å². The van der Waals surface area contributed by atoms with Gasteiger partial charge in [-0.15, -0.1) is 10.2 Å². The molecule has 0 radical (unpaired) electrons. The predicted octanol–water partition coefficient (Wildman–Crippen LogP) is 4.98. The van der Waals surface area contributed by atoms with Gasteiger partial charge in [0.25, 0.3) is 0 Å². The minimum Gasteiger partial charge on any atom is -0.326 e. The summed E-state index contributed by atoms with van der Waals surface area (Å²) in [5.41, 5.74) is 1.65. The smallest absolute Gasteiger partial charge is 0.224 e. The van der Waals surface area contributed by atoms with Gasteiger partial charge in [-0.25, -0.2) is 0 Å². The third-order valence-corrected chi connectivity index (χ3v) is 5.92. The molecule has 27 heavy (non-hydrogen) atoms. The van der Waals surface area contributed by atoms with E-state index in [0.29, 0.717) is 35.7 Å². The van der Waals surface area contributed by atoms with E-state index in [4.69, 9.17) is 11.6 Å². The van der Waals surface area contributed by atoms with Crippen molar-refractivity contribution in [3.05, 3.63) is 40.4 Å². The maximum atomic E-state index is 12.4. The summed E-state index contributed by atoms with van der Waals surface area (Å²) < 4.78 is 2.29. The van der Waals surface area contributed by atoms with E-state index in [2.05, 4.69) is 40.9 Å². The number of anilines is 1. The zero-order valence-corrected chi connectivity index (χ0v) is 17.4. The molecule has 6 heteroatoms. The van der Waals surface area contributed by atoms with E-state index in [0.717, 1.165) is 29.3 Å². The molecule has 1 fully saturated rings. The summed E-state index contributed by atoms with van der Waals surface area (Å²) in [6, 6.07) is 6.06. The van der Waals surface area contributed by atoms with Gasteiger partial charge in [0.15, 0.2) is 0 Å². The zero-order valence-electron chi connectivity index (χ0n) is 16.6. The first kappa shape index (κ1) is 19.9. The summed E-state index contributed by atoms with van der Waals surface area (Å²) in [5, 5.41) is 12.5. The summed E-state index contributed by atoms with van der Waals surface area (Å²) in [4.78, 5) is 12.4. The maximum absolute atomic E-state index is 12.4. The molecule has 0 aliphatic heterocycles. The highest BCUT2D eigenvalue weighted by molar-refractivity contribution is 6.31. The largest absolute Gasteiger partial charge is 0.326 e. The number of aryl methyl sites for hydroxylation is 1. The fourth-order valence-electron chi connectivity index (χ4n) is 3.13. The number of carbonyl (C=O) groups is 1. The van der Waals surface area contributed by atoms with Crippen LogP contribution in [0.25, 0.3) is 0 Å². The average Bonchev–Trinajstić information content (AvgIpc) is 3.38. The van der Waals surface area contributed by atoms with Gasteiger partial charge >= 0.3 is 0 Å². The Labute approximate surface area is 166 Å². The molecule has 1 unspecified atom stereocenters. The van der Waals surface area contributed by atoms with Crippen LogP contribution in [0.5, 0.6) is 0 Å². The SMILES string of the molecule is Cc1c(Cl)cccc1NC(=O)CCc1nnc(CC(C)C(C)C)n1C1CC1. The zero-order chi connectivity index (χ0) is 19.6. The summed E-state index contributed by atoms with van der Waals surface area (Å²) in [7, 11) is 0. The number of nitrogens with one attached hydrogen (secondary N) is 1. The van der Waals surface area contributed by atoms with Crippen molar-refractivity contribution in [1.82, 2.24) is 14.8 Å². The maximum Gasteiger partial charge on any atom is 0.224 e. The summed E-state index contributed by atoms with van der Waals surface area (Å²) >= 11 is 6.13. The normalized spacial score (nSPS) is 15.2. The van der Waals surface area contributed by atoms with Gasteiger partial charge in [-0.2, -0.15) is 0 Å². The Kier molecular flexibility index (Phi) is 6.20. The molecule has 0 saturated heterocycles. The number of hydrogen-bond acceptors (Lipinski definition) is 3. The van der Waals surface area contributed by atoms with Gasteiger partial charge in [0, 0.05) is 36.0 Å². The molecule has 1 amide bonds. The van der Waals surface area contributed by atoms with Gasteiger partial charge in [-0.3, -0.25) is 4.79 Å². The van der Waals surface area contributed by atoms with Crippen LogP contribution in [-0.4, -0.2) is 20.7 Å². The molecule has 1 aromatic heterocycles. The topological polar surface area (TPSA) is 59.8 Å². The van der Waals surface area contributed by atoms with Crippen molar-refractivity contribution < 1.29 is 4.79 Å². The van der Waals surface area contributed by atoms with Crippen LogP contribution in [0, 0.1) is 18.8 Å². The number of hydrogen-bond donors (Lipinski definition) is 1. The lowest BCUT2D eigenvalue weighted by molar-refractivity contribution is -0.116. The predicted molar refractivity (Wildman–Crippen MR) is 109 cm³/mol. The monoisotopic (exact) mass is 388 g/mol. The second kappa shape index (κ2) is 8.42. The van der Waals surface area contributed by atoms with Gasteiger partial charge < -0.3 is 9.88 Å². The molecule has 146 valence electrons. The Morgan fingerprint density at radius 3 is 2.63 bits per heavy atom. The highest BCUT2D eigenvalue weighted by Crippen LogP contribution is 2.37. The summed E-state index contributed by atoms with van der Waals surface area (Å²) in [6.45, 7) is 8.65. The molecule has 1 aliphatic rings. The lowest BCUT2D eigenvalue weighted by Crippen LogP contribution is -2.16. The van der Waals surface area contributed by atoms with E-state index in [-0.39, 0.29) is 5.91 Å². The molecule has 1 aliphatic carbocycles. The fraction of sp³-hybridized carbons (Fsp3) is 0.571. The third-order valence-electron chi connectivity index (χ3n) is 5.51. The molecule has 1 aromatic carbocycles. The van der Waals surface area contributed by atoms with Gasteiger partial charge in [-0.1, -0.05) is 38.4 Å². The lowest BCUT2D eigenvalue weighted by atomic mass is 9.94. The van der Waals surface area contributed by atoms with Crippen molar-refractivity contribution in [3.8, 4) is 0 Å². The average molecular weight is 389 g/mol. The van der Waals surface area contributed by atoms with Crippen molar-refractivity contribution >= 4 is 23.2 Å². The van der Waals surface area contributed by atoms with E-state index in [1.54, 1.807) is 0 Å². The van der Waals surface area contributed by atoms with Gasteiger partial charge in [0.1, 0.15) is 11.6 Å². The van der Waals surface area contributed by atoms with Crippen molar-refractivity contribution in [2.24, 2.45) is 11.8 Å². The third kappa shape index (κ3) is 4.89. The van der Waals surface area contributed by atoms with Crippen LogP contribution < -0.4 is 5.32 Å². The summed E-state index contributed by atoms with van der Waals surface area (Å²) in [5.74, 6) is 3.15. The van der Waals surface area contributed by atoms with Crippen molar-refractivity contribution in [3.63, 3.8) is 0 Å². The van der Waals surface area contributed by atoms with Crippen LogP contribution in [0.1, 0.15) is 63.3 Å². The first-order valence-electron chi connectivity index (χ1n) is 9.84. The Morgan fingerprint density at radius 2 is 1.96 bits per heavy atom. The minimum absolute atomic E-state index is 0.0252. The Balaban J connectivity index is 1.64. The molecular weight excluding hydrogens is 360 g/mol. The number of nitrogens with zero attached hydrogens (tertiary/aromatic N) is 3. The van der Waals surface area contributed by atoms with Gasteiger partial charge in [0.05, 0.1) is 0 Å². The van der Waals surface area contributed by atoms with Crippen LogP contribution in [0.2, 0.25) is 5.02 Å². The lowest BCUT2D eigenvalue weighted by Gasteiger charge is -2.16. The van der Waals surface area contributed by atoms with Gasteiger partial charge in [-0.05, 0) is 49.3 Å². The number of amides is 1. The molecule has 0 bridgehead atoms. The number of rotatable bonds is 8. The number of carbonyl (C=O) groups excluding carboxylic acids is 1. The van der Waals surface area contributed by atoms with E-state index in [1.807, 2.05) is 25.1 Å². The second-order valence-electron chi connectivity index (χ2n) is 8.02. The van der Waals surface area contributed by atoms with Crippen LogP contribution in [0.15, 0.2) is 18.2 Å². The van der Waals surface area contributed by atoms with E-state index in [1.165, 1.54) is 12.8 Å². The fourth-order valence-corrected chi connectivity index (χ4v) is 3.30. The molecule has 1 atom stereocenters. The van der Waals surface area contributed by atoms with Crippen molar-refractivity contribution in [2.45, 2.75) is 65.8 Å². The molecule has 1 saturated carbocycles. The first-order valence-corrected chi connectivity index (χ1v) is 10.2. The van der Waals surface area contributed by atoms with E-state index >= 15 is 0 Å². The molecule has 3 rings (SSSR count). The molecule has 1 heterocycles. The first-order chi connectivity index (χ1) is 12.9. The van der Waals surface area contributed by atoms with E-state index in [9.17, 15) is 4.79 Å². The molecule has 0 spiro atoms. The second-order valence-corrected chi connectivity index (χ2v) is 8.43. The van der Waals surface area contributed by atoms with E-state index < -0.39 is 0 Å². The van der Waals surface area contributed by atoms with Gasteiger partial charge in [0.2, 0.25) is 5.91 Å². The standard InChI is InChI=1S/C21H29ClN4O/c1-13(2)14(3)12-20-25-24-19(26(20)16-8-9-16)10-11-21(27)23-18-7-5-6-17(22)15(18)4/h5-7,13-14,16H,8-12H2,1-4H3,(H,23,27). The van der Waals surface area contributed by atoms with Crippen molar-refractivity contribution in [1.29, 1.82) is 0 Å². The summed E-state index contributed by atoms with van der Waals surface area (Å²) in [6.07, 6.45) is 4.29. The van der Waals surface area contributed by atoms with Crippen LogP contribution >= 0.6 is 11.6 Å². The molecule has 2 aromatic rings. The number of halogens is 1. The van der Waals surface area contributed by atoms with Crippen LogP contribution in [-0.2, 0) is 17.6 Å². The highest BCUT2D eigenvalue weighted by atomic mass is 35.5. The minimum atomic E-state index is -0.0252. The quantitative estimate of drug-likeness (QED) is 0.693. The molecule has 5 nitrogen and oxygen atoms in total. The Hall–Kier alpha value is -1.88. The number of benzene rings is 1. The Morgan fingerprint density at radius 1 is 1.26 bits per heavy atom. The molecule has 1 N–H and O–H groups in total. The number of aromatic nitrogens is 3. The molecular formula is C21H29ClN4O. The Bertz CT molecular complexity index is 811. The van der Waals surface area contributed by atoms with Crippen LogP contribution in [0.4, 0.5) is 5.69 Å².